The summed E-state index contributed by atoms with van der Waals surface area (Å²) in [5, 5.41) is 12.2. The SMILES string of the molecule is CCCCCCC(NC(=O)NS(=O)(=O)C=Cc1ccccc1)C(=O)O. The van der Waals surface area contributed by atoms with Crippen molar-refractivity contribution in [1.29, 1.82) is 0 Å². The van der Waals surface area contributed by atoms with Gasteiger partial charge in [0, 0.05) is 0 Å². The molecule has 0 heterocycles. The molecule has 0 spiro atoms. The molecule has 0 saturated heterocycles. The van der Waals surface area contributed by atoms with Crippen molar-refractivity contribution in [3.05, 3.63) is 41.3 Å². The molecule has 8 heteroatoms. The van der Waals surface area contributed by atoms with Gasteiger partial charge < -0.3 is 10.4 Å². The van der Waals surface area contributed by atoms with Gasteiger partial charge in [0.1, 0.15) is 6.04 Å². The zero-order valence-electron chi connectivity index (χ0n) is 14.1. The molecular formula is C17H24N2O5S. The summed E-state index contributed by atoms with van der Waals surface area (Å²) < 4.78 is 25.5. The lowest BCUT2D eigenvalue weighted by atomic mass is 10.1. The van der Waals surface area contributed by atoms with Crippen LogP contribution in [0, 0.1) is 0 Å². The summed E-state index contributed by atoms with van der Waals surface area (Å²) in [7, 11) is -4.01. The van der Waals surface area contributed by atoms with Crippen molar-refractivity contribution in [3.8, 4) is 0 Å². The van der Waals surface area contributed by atoms with Gasteiger partial charge in [-0.15, -0.1) is 0 Å². The van der Waals surface area contributed by atoms with Crippen LogP contribution in [-0.2, 0) is 14.8 Å². The normalized spacial score (nSPS) is 12.7. The molecule has 0 aromatic heterocycles. The number of unbranched alkanes of at least 4 members (excludes halogenated alkanes) is 3. The molecule has 0 aliphatic heterocycles. The Morgan fingerprint density at radius 1 is 1.16 bits per heavy atom. The predicted octanol–water partition coefficient (Wildman–Crippen LogP) is 2.71. The van der Waals surface area contributed by atoms with Crippen LogP contribution >= 0.6 is 0 Å². The van der Waals surface area contributed by atoms with Gasteiger partial charge in [-0.05, 0) is 18.1 Å². The lowest BCUT2D eigenvalue weighted by molar-refractivity contribution is -0.139. The fraction of sp³-hybridized carbons (Fsp3) is 0.412. The van der Waals surface area contributed by atoms with E-state index in [1.807, 2.05) is 6.92 Å². The van der Waals surface area contributed by atoms with Gasteiger partial charge in [0.15, 0.2) is 0 Å². The number of carbonyl (C=O) groups excluding carboxylic acids is 1. The maximum Gasteiger partial charge on any atom is 0.329 e. The van der Waals surface area contributed by atoms with E-state index in [0.29, 0.717) is 12.0 Å². The molecule has 7 nitrogen and oxygen atoms in total. The number of benzene rings is 1. The topological polar surface area (TPSA) is 113 Å². The van der Waals surface area contributed by atoms with E-state index in [1.165, 1.54) is 6.08 Å². The minimum absolute atomic E-state index is 0.253. The Balaban J connectivity index is 2.57. The highest BCUT2D eigenvalue weighted by Crippen LogP contribution is 2.06. The molecule has 138 valence electrons. The van der Waals surface area contributed by atoms with Crippen molar-refractivity contribution < 1.29 is 23.1 Å². The third-order valence-corrected chi connectivity index (χ3v) is 4.39. The summed E-state index contributed by atoms with van der Waals surface area (Å²) in [6.07, 6.45) is 5.10. The molecule has 0 bridgehead atoms. The number of carboxylic acids is 1. The second-order valence-electron chi connectivity index (χ2n) is 5.57. The molecule has 3 N–H and O–H groups in total. The minimum Gasteiger partial charge on any atom is -0.480 e. The Bertz CT molecular complexity index is 686. The average Bonchev–Trinajstić information content (AvgIpc) is 2.56. The third kappa shape index (κ3) is 8.90. The molecule has 1 rings (SSSR count). The minimum atomic E-state index is -4.01. The van der Waals surface area contributed by atoms with Crippen molar-refractivity contribution in [2.24, 2.45) is 0 Å². The molecule has 0 fully saturated rings. The first-order chi connectivity index (χ1) is 11.8. The first-order valence-electron chi connectivity index (χ1n) is 8.13. The van der Waals surface area contributed by atoms with E-state index in [9.17, 15) is 18.0 Å². The van der Waals surface area contributed by atoms with Gasteiger partial charge in [-0.25, -0.2) is 22.7 Å². The summed E-state index contributed by atoms with van der Waals surface area (Å²) in [5.74, 6) is -1.19. The van der Waals surface area contributed by atoms with Crippen LogP contribution in [0.1, 0.15) is 44.6 Å². The first-order valence-corrected chi connectivity index (χ1v) is 9.68. The highest BCUT2D eigenvalue weighted by Gasteiger charge is 2.21. The Kier molecular flexibility index (Phi) is 8.69. The van der Waals surface area contributed by atoms with Crippen molar-refractivity contribution >= 4 is 28.1 Å². The smallest absolute Gasteiger partial charge is 0.329 e. The summed E-state index contributed by atoms with van der Waals surface area (Å²) in [6.45, 7) is 2.04. The molecule has 1 aromatic rings. The van der Waals surface area contributed by atoms with Crippen LogP contribution in [0.2, 0.25) is 0 Å². The number of hydrogen-bond donors (Lipinski definition) is 3. The quantitative estimate of drug-likeness (QED) is 0.550. The molecule has 1 unspecified atom stereocenters. The van der Waals surface area contributed by atoms with Crippen molar-refractivity contribution in [3.63, 3.8) is 0 Å². The molecule has 1 atom stereocenters. The van der Waals surface area contributed by atoms with Crippen LogP contribution in [0.25, 0.3) is 6.08 Å². The lowest BCUT2D eigenvalue weighted by Gasteiger charge is -2.14. The van der Waals surface area contributed by atoms with Gasteiger partial charge in [0.25, 0.3) is 10.0 Å². The van der Waals surface area contributed by atoms with Gasteiger partial charge in [-0.2, -0.15) is 0 Å². The van der Waals surface area contributed by atoms with Crippen LogP contribution in [0.4, 0.5) is 4.79 Å². The number of hydrogen-bond acceptors (Lipinski definition) is 4. The molecule has 2 amide bonds. The van der Waals surface area contributed by atoms with E-state index in [1.54, 1.807) is 35.1 Å². The summed E-state index contributed by atoms with van der Waals surface area (Å²) in [4.78, 5) is 22.9. The molecule has 0 aliphatic carbocycles. The molecule has 25 heavy (non-hydrogen) atoms. The summed E-state index contributed by atoms with van der Waals surface area (Å²) >= 11 is 0. The van der Waals surface area contributed by atoms with Crippen LogP contribution in [0.5, 0.6) is 0 Å². The van der Waals surface area contributed by atoms with E-state index in [-0.39, 0.29) is 6.42 Å². The third-order valence-electron chi connectivity index (χ3n) is 3.42. The van der Waals surface area contributed by atoms with E-state index < -0.39 is 28.1 Å². The maximum atomic E-state index is 11.9. The zero-order valence-corrected chi connectivity index (χ0v) is 15.0. The van der Waals surface area contributed by atoms with E-state index in [4.69, 9.17) is 5.11 Å². The Morgan fingerprint density at radius 2 is 1.84 bits per heavy atom. The second kappa shape index (κ2) is 10.5. The number of urea groups is 1. The van der Waals surface area contributed by atoms with Gasteiger partial charge >= 0.3 is 12.0 Å². The van der Waals surface area contributed by atoms with Gasteiger partial charge in [0.2, 0.25) is 0 Å². The highest BCUT2D eigenvalue weighted by molar-refractivity contribution is 7.93. The van der Waals surface area contributed by atoms with Gasteiger partial charge in [-0.1, -0.05) is 62.9 Å². The van der Waals surface area contributed by atoms with E-state index in [2.05, 4.69) is 5.32 Å². The molecule has 1 aromatic carbocycles. The van der Waals surface area contributed by atoms with Crippen molar-refractivity contribution in [1.82, 2.24) is 10.0 Å². The van der Waals surface area contributed by atoms with Gasteiger partial charge in [0.05, 0.1) is 5.41 Å². The molecule has 0 aliphatic rings. The van der Waals surface area contributed by atoms with Gasteiger partial charge in [-0.3, -0.25) is 0 Å². The fourth-order valence-corrected chi connectivity index (χ4v) is 2.84. The molecule has 0 radical (unpaired) electrons. The average molecular weight is 368 g/mol. The molecular weight excluding hydrogens is 344 g/mol. The Morgan fingerprint density at radius 3 is 2.44 bits per heavy atom. The highest BCUT2D eigenvalue weighted by atomic mass is 32.2. The number of nitrogens with one attached hydrogen (secondary N) is 2. The lowest BCUT2D eigenvalue weighted by Crippen LogP contribution is -2.47. The number of carboxylic acid groups (broad SMARTS) is 1. The van der Waals surface area contributed by atoms with Crippen LogP contribution in [-0.4, -0.2) is 31.6 Å². The fourth-order valence-electron chi connectivity index (χ4n) is 2.12. The van der Waals surface area contributed by atoms with Crippen LogP contribution < -0.4 is 10.0 Å². The van der Waals surface area contributed by atoms with E-state index in [0.717, 1.165) is 24.7 Å². The number of rotatable bonds is 10. The second-order valence-corrected chi connectivity index (χ2v) is 7.14. The zero-order chi connectivity index (χ0) is 18.7. The summed E-state index contributed by atoms with van der Waals surface area (Å²) in [5.41, 5.74) is 0.660. The monoisotopic (exact) mass is 368 g/mol. The number of amides is 2. The van der Waals surface area contributed by atoms with E-state index >= 15 is 0 Å². The predicted molar refractivity (Wildman–Crippen MR) is 96.2 cm³/mol. The number of carbonyl (C=O) groups is 2. The number of aliphatic carboxylic acids is 1. The first kappa shape index (κ1) is 20.7. The molecule has 0 saturated carbocycles. The number of sulfonamides is 1. The van der Waals surface area contributed by atoms with Crippen molar-refractivity contribution in [2.75, 3.05) is 0 Å². The largest absolute Gasteiger partial charge is 0.480 e. The standard InChI is InChI=1S/C17H24N2O5S/c1-2-3-4-8-11-15(16(20)21)18-17(22)19-25(23,24)13-12-14-9-6-5-7-10-14/h5-7,9-10,12-13,15H,2-4,8,11H2,1H3,(H,20,21)(H2,18,19,22). The summed E-state index contributed by atoms with van der Waals surface area (Å²) in [6, 6.07) is 6.55. The Labute approximate surface area is 148 Å². The maximum absolute atomic E-state index is 11.9. The van der Waals surface area contributed by atoms with Crippen LogP contribution in [0.3, 0.4) is 0 Å². The van der Waals surface area contributed by atoms with Crippen LogP contribution in [0.15, 0.2) is 35.7 Å². The van der Waals surface area contributed by atoms with Crippen molar-refractivity contribution in [2.45, 2.75) is 45.1 Å². The Hall–Kier alpha value is -2.35.